The lowest BCUT2D eigenvalue weighted by molar-refractivity contribution is 0.402. The van der Waals surface area contributed by atoms with E-state index >= 15 is 0 Å². The number of halogens is 2. The van der Waals surface area contributed by atoms with Crippen LogP contribution >= 0.6 is 23.2 Å². The molecule has 0 radical (unpaired) electrons. The second-order valence-electron chi connectivity index (χ2n) is 5.87. The average molecular weight is 393 g/mol. The number of phenols is 1. The van der Waals surface area contributed by atoms with Crippen LogP contribution < -0.4 is 10.4 Å². The molecule has 0 atom stereocenters. The van der Waals surface area contributed by atoms with Crippen molar-refractivity contribution in [1.82, 2.24) is 19.3 Å². The first kappa shape index (κ1) is 16.9. The minimum absolute atomic E-state index is 0.0189. The van der Waals surface area contributed by atoms with Gasteiger partial charge in [-0.2, -0.15) is 9.67 Å². The first-order valence-electron chi connectivity index (χ1n) is 8.05. The zero-order valence-corrected chi connectivity index (χ0v) is 15.0. The van der Waals surface area contributed by atoms with Gasteiger partial charge in [0.05, 0.1) is 5.02 Å². The second kappa shape index (κ2) is 6.66. The van der Waals surface area contributed by atoms with Crippen LogP contribution in [0.5, 0.6) is 17.4 Å². The molecule has 1 aromatic carbocycles. The zero-order valence-electron chi connectivity index (χ0n) is 13.5. The fraction of sp³-hybridized carbons (Fsp3) is 0.235. The summed E-state index contributed by atoms with van der Waals surface area (Å²) in [6.07, 6.45) is 2.65. The minimum Gasteiger partial charge on any atom is -0.504 e. The Morgan fingerprint density at radius 1 is 1.15 bits per heavy atom. The number of phenolic OH excluding ortho intramolecular Hbond substituents is 1. The van der Waals surface area contributed by atoms with Gasteiger partial charge in [0.1, 0.15) is 10.8 Å². The van der Waals surface area contributed by atoms with E-state index in [0.717, 1.165) is 23.9 Å². The van der Waals surface area contributed by atoms with E-state index in [-0.39, 0.29) is 38.9 Å². The van der Waals surface area contributed by atoms with Crippen LogP contribution in [0.15, 0.2) is 35.1 Å². The van der Waals surface area contributed by atoms with E-state index in [0.29, 0.717) is 12.4 Å². The first-order valence-corrected chi connectivity index (χ1v) is 8.81. The lowest BCUT2D eigenvalue weighted by Crippen LogP contribution is -2.26. The fourth-order valence-corrected chi connectivity index (χ4v) is 3.32. The Morgan fingerprint density at radius 2 is 1.96 bits per heavy atom. The van der Waals surface area contributed by atoms with E-state index < -0.39 is 0 Å². The van der Waals surface area contributed by atoms with Gasteiger partial charge in [-0.15, -0.1) is 5.10 Å². The Bertz CT molecular complexity index is 1040. The standard InChI is InChI=1S/C17H14Cl2N4O3/c18-10-9-11(19)16(26-13-6-2-1-5-12(13)24)20-15(10)23-17(25)22-8-4-3-7-14(22)21-23/h1-2,5-6,9,24H,3-4,7-8H2. The van der Waals surface area contributed by atoms with E-state index in [2.05, 4.69) is 10.1 Å². The molecule has 0 amide bonds. The van der Waals surface area contributed by atoms with Gasteiger partial charge < -0.3 is 9.84 Å². The number of nitrogens with zero attached hydrogens (tertiary/aromatic N) is 4. The normalized spacial score (nSPS) is 13.5. The number of rotatable bonds is 3. The fourth-order valence-electron chi connectivity index (χ4n) is 2.85. The lowest BCUT2D eigenvalue weighted by atomic mass is 10.2. The summed E-state index contributed by atoms with van der Waals surface area (Å²) in [6, 6.07) is 7.86. The molecular formula is C17H14Cl2N4O3. The molecule has 134 valence electrons. The molecule has 3 heterocycles. The third-order valence-electron chi connectivity index (χ3n) is 4.12. The number of benzene rings is 1. The van der Waals surface area contributed by atoms with Crippen LogP contribution in [-0.4, -0.2) is 24.4 Å². The summed E-state index contributed by atoms with van der Waals surface area (Å²) in [6.45, 7) is 0.626. The minimum atomic E-state index is -0.301. The zero-order chi connectivity index (χ0) is 18.3. The predicted octanol–water partition coefficient (Wildman–Crippen LogP) is 3.57. The van der Waals surface area contributed by atoms with Crippen LogP contribution in [0.4, 0.5) is 0 Å². The van der Waals surface area contributed by atoms with Crippen molar-refractivity contribution < 1.29 is 9.84 Å². The van der Waals surface area contributed by atoms with Gasteiger partial charge in [-0.1, -0.05) is 35.3 Å². The molecule has 1 aliphatic rings. The molecule has 0 fully saturated rings. The molecule has 0 bridgehead atoms. The quantitative estimate of drug-likeness (QED) is 0.736. The highest BCUT2D eigenvalue weighted by Gasteiger charge is 2.21. The van der Waals surface area contributed by atoms with E-state index in [1.54, 1.807) is 22.8 Å². The van der Waals surface area contributed by atoms with Gasteiger partial charge in [-0.05, 0) is 31.0 Å². The average Bonchev–Trinajstić information content (AvgIpc) is 2.96. The van der Waals surface area contributed by atoms with Crippen molar-refractivity contribution in [3.05, 3.63) is 56.7 Å². The van der Waals surface area contributed by atoms with Crippen molar-refractivity contribution in [1.29, 1.82) is 0 Å². The van der Waals surface area contributed by atoms with E-state index in [4.69, 9.17) is 27.9 Å². The second-order valence-corrected chi connectivity index (χ2v) is 6.68. The Kier molecular flexibility index (Phi) is 4.34. The van der Waals surface area contributed by atoms with Crippen molar-refractivity contribution in [2.75, 3.05) is 0 Å². The lowest BCUT2D eigenvalue weighted by Gasteiger charge is -2.10. The highest BCUT2D eigenvalue weighted by molar-refractivity contribution is 6.36. The maximum absolute atomic E-state index is 12.6. The summed E-state index contributed by atoms with van der Waals surface area (Å²) in [7, 11) is 0. The molecule has 0 saturated carbocycles. The van der Waals surface area contributed by atoms with Gasteiger partial charge in [0.15, 0.2) is 17.3 Å². The van der Waals surface area contributed by atoms with Crippen molar-refractivity contribution in [2.45, 2.75) is 25.8 Å². The van der Waals surface area contributed by atoms with Crippen LogP contribution in [-0.2, 0) is 13.0 Å². The van der Waals surface area contributed by atoms with Crippen molar-refractivity contribution >= 4 is 23.2 Å². The van der Waals surface area contributed by atoms with Crippen LogP contribution in [0.3, 0.4) is 0 Å². The molecule has 0 unspecified atom stereocenters. The SMILES string of the molecule is O=c1n(-c2nc(Oc3ccccc3O)c(Cl)cc2Cl)nc2n1CCCC2. The number of pyridine rings is 1. The third kappa shape index (κ3) is 2.93. The summed E-state index contributed by atoms with van der Waals surface area (Å²) in [5.74, 6) is 0.985. The van der Waals surface area contributed by atoms with Gasteiger partial charge in [0.2, 0.25) is 5.88 Å². The Hall–Kier alpha value is -2.51. The highest BCUT2D eigenvalue weighted by atomic mass is 35.5. The topological polar surface area (TPSA) is 82.2 Å². The number of ether oxygens (including phenoxy) is 1. The van der Waals surface area contributed by atoms with Crippen molar-refractivity contribution in [2.24, 2.45) is 0 Å². The van der Waals surface area contributed by atoms with E-state index in [1.807, 2.05) is 0 Å². The van der Waals surface area contributed by atoms with Crippen LogP contribution in [0.2, 0.25) is 10.0 Å². The molecule has 4 rings (SSSR count). The smallest absolute Gasteiger partial charge is 0.352 e. The molecule has 7 nitrogen and oxygen atoms in total. The molecule has 9 heteroatoms. The van der Waals surface area contributed by atoms with Gasteiger partial charge in [0, 0.05) is 13.0 Å². The Balaban J connectivity index is 1.80. The van der Waals surface area contributed by atoms with Crippen molar-refractivity contribution in [3.8, 4) is 23.2 Å². The number of hydrogen-bond donors (Lipinski definition) is 1. The van der Waals surface area contributed by atoms with Gasteiger partial charge in [-0.25, -0.2) is 4.79 Å². The molecular weight excluding hydrogens is 379 g/mol. The number of aryl methyl sites for hydroxylation is 1. The molecule has 0 aliphatic carbocycles. The number of fused-ring (bicyclic) bond motifs is 1. The van der Waals surface area contributed by atoms with E-state index in [1.165, 1.54) is 12.1 Å². The Labute approximate surface area is 158 Å². The maximum atomic E-state index is 12.6. The Morgan fingerprint density at radius 3 is 2.73 bits per heavy atom. The maximum Gasteiger partial charge on any atom is 0.352 e. The highest BCUT2D eigenvalue weighted by Crippen LogP contribution is 2.35. The molecule has 1 N–H and O–H groups in total. The summed E-state index contributed by atoms with van der Waals surface area (Å²) in [5.41, 5.74) is -0.301. The molecule has 2 aromatic heterocycles. The summed E-state index contributed by atoms with van der Waals surface area (Å²) < 4.78 is 8.39. The van der Waals surface area contributed by atoms with Gasteiger partial charge >= 0.3 is 5.69 Å². The summed E-state index contributed by atoms with van der Waals surface area (Å²) >= 11 is 12.4. The van der Waals surface area contributed by atoms with Crippen LogP contribution in [0.25, 0.3) is 5.82 Å². The number of aromatic nitrogens is 4. The largest absolute Gasteiger partial charge is 0.504 e. The molecule has 3 aromatic rings. The molecule has 0 spiro atoms. The van der Waals surface area contributed by atoms with Crippen LogP contribution in [0, 0.1) is 0 Å². The van der Waals surface area contributed by atoms with Gasteiger partial charge in [0.25, 0.3) is 0 Å². The monoisotopic (exact) mass is 392 g/mol. The molecule has 0 saturated heterocycles. The van der Waals surface area contributed by atoms with Gasteiger partial charge in [-0.3, -0.25) is 4.57 Å². The summed E-state index contributed by atoms with van der Waals surface area (Å²) in [4.78, 5) is 16.9. The number of para-hydroxylation sites is 2. The predicted molar refractivity (Wildman–Crippen MR) is 96.8 cm³/mol. The summed E-state index contributed by atoms with van der Waals surface area (Å²) in [5, 5.41) is 14.5. The molecule has 26 heavy (non-hydrogen) atoms. The van der Waals surface area contributed by atoms with Crippen molar-refractivity contribution in [3.63, 3.8) is 0 Å². The molecule has 1 aliphatic heterocycles. The number of aromatic hydroxyl groups is 1. The van der Waals surface area contributed by atoms with E-state index in [9.17, 15) is 9.90 Å². The number of hydrogen-bond acceptors (Lipinski definition) is 5. The van der Waals surface area contributed by atoms with Crippen LogP contribution in [0.1, 0.15) is 18.7 Å². The first-order chi connectivity index (χ1) is 12.5. The third-order valence-corrected chi connectivity index (χ3v) is 4.67.